The van der Waals surface area contributed by atoms with E-state index in [0.717, 1.165) is 38.0 Å². The van der Waals surface area contributed by atoms with Crippen LogP contribution >= 0.6 is 0 Å². The fourth-order valence-electron chi connectivity index (χ4n) is 2.39. The van der Waals surface area contributed by atoms with Crippen LogP contribution in [0.5, 0.6) is 0 Å². The van der Waals surface area contributed by atoms with Gasteiger partial charge in [-0.05, 0) is 37.2 Å². The maximum Gasteiger partial charge on any atom is 0.0720 e. The highest BCUT2D eigenvalue weighted by Crippen LogP contribution is 2.29. The lowest BCUT2D eigenvalue weighted by Gasteiger charge is -2.28. The molecule has 2 rings (SSSR count). The lowest BCUT2D eigenvalue weighted by Crippen LogP contribution is -2.24. The Morgan fingerprint density at radius 2 is 1.82 bits per heavy atom. The second kappa shape index (κ2) is 5.87. The van der Waals surface area contributed by atoms with Crippen molar-refractivity contribution in [2.24, 2.45) is 11.7 Å². The minimum absolute atomic E-state index is 0.394. The Morgan fingerprint density at radius 3 is 2.41 bits per heavy atom. The molecule has 0 amide bonds. The van der Waals surface area contributed by atoms with Gasteiger partial charge in [0.15, 0.2) is 0 Å². The van der Waals surface area contributed by atoms with Crippen LogP contribution in [0.1, 0.15) is 31.2 Å². The van der Waals surface area contributed by atoms with E-state index in [1.54, 1.807) is 0 Å². The van der Waals surface area contributed by atoms with Crippen molar-refractivity contribution >= 4 is 0 Å². The number of rotatable bonds is 4. The maximum absolute atomic E-state index is 5.93. The predicted octanol–water partition coefficient (Wildman–Crippen LogP) is 3.23. The molecule has 1 saturated carbocycles. The Morgan fingerprint density at radius 1 is 1.18 bits per heavy atom. The van der Waals surface area contributed by atoms with Crippen LogP contribution in [0.3, 0.4) is 0 Å². The van der Waals surface area contributed by atoms with Gasteiger partial charge in [-0.3, -0.25) is 0 Å². The molecule has 0 unspecified atom stereocenters. The van der Waals surface area contributed by atoms with Crippen molar-refractivity contribution in [3.05, 3.63) is 48.2 Å². The van der Waals surface area contributed by atoms with Crippen LogP contribution in [0.4, 0.5) is 0 Å². The lowest BCUT2D eigenvalue weighted by atomic mass is 9.86. The minimum Gasteiger partial charge on any atom is -0.402 e. The van der Waals surface area contributed by atoms with Gasteiger partial charge in [-0.2, -0.15) is 0 Å². The van der Waals surface area contributed by atoms with Crippen molar-refractivity contribution in [2.75, 3.05) is 0 Å². The number of ether oxygens (including phenoxy) is 1. The van der Waals surface area contributed by atoms with E-state index in [0.29, 0.717) is 12.0 Å². The third-order valence-electron chi connectivity index (χ3n) is 3.53. The van der Waals surface area contributed by atoms with Crippen molar-refractivity contribution in [1.29, 1.82) is 0 Å². The van der Waals surface area contributed by atoms with Crippen LogP contribution in [0, 0.1) is 5.92 Å². The van der Waals surface area contributed by atoms with Gasteiger partial charge in [0.1, 0.15) is 0 Å². The van der Waals surface area contributed by atoms with Crippen LogP contribution in [-0.2, 0) is 11.3 Å². The molecule has 0 bridgehead atoms. The van der Waals surface area contributed by atoms with Crippen molar-refractivity contribution in [3.63, 3.8) is 0 Å². The van der Waals surface area contributed by atoms with Gasteiger partial charge >= 0.3 is 0 Å². The zero-order chi connectivity index (χ0) is 12.1. The van der Waals surface area contributed by atoms with E-state index < -0.39 is 0 Å². The molecular formula is C15H21NO. The molecule has 0 aromatic heterocycles. The molecule has 2 nitrogen and oxygen atoms in total. The predicted molar refractivity (Wildman–Crippen MR) is 70.3 cm³/mol. The third kappa shape index (κ3) is 3.60. The van der Waals surface area contributed by atoms with E-state index in [1.165, 1.54) is 5.56 Å². The fraction of sp³-hybridized carbons (Fsp3) is 0.467. The molecule has 0 radical (unpaired) electrons. The number of benzene rings is 1. The fourth-order valence-corrected chi connectivity index (χ4v) is 2.39. The Hall–Kier alpha value is -1.28. The van der Waals surface area contributed by atoms with E-state index in [4.69, 9.17) is 10.5 Å². The number of hydrogen-bond donors (Lipinski definition) is 1. The van der Waals surface area contributed by atoms with E-state index in [-0.39, 0.29) is 0 Å². The summed E-state index contributed by atoms with van der Waals surface area (Å²) < 4.78 is 5.93. The van der Waals surface area contributed by atoms with Gasteiger partial charge in [0.2, 0.25) is 0 Å². The average Bonchev–Trinajstić information content (AvgIpc) is 2.38. The Bertz CT molecular complexity index is 352. The van der Waals surface area contributed by atoms with Gasteiger partial charge < -0.3 is 10.5 Å². The normalized spacial score (nSPS) is 24.5. The molecule has 17 heavy (non-hydrogen) atoms. The Balaban J connectivity index is 1.74. The van der Waals surface area contributed by atoms with Crippen molar-refractivity contribution < 1.29 is 4.74 Å². The van der Waals surface area contributed by atoms with Crippen LogP contribution < -0.4 is 5.73 Å². The van der Waals surface area contributed by atoms with Gasteiger partial charge in [-0.1, -0.05) is 36.9 Å². The van der Waals surface area contributed by atoms with Crippen LogP contribution in [0.2, 0.25) is 0 Å². The summed E-state index contributed by atoms with van der Waals surface area (Å²) in [6.45, 7) is 4.56. The molecule has 1 aromatic rings. The van der Waals surface area contributed by atoms with E-state index in [2.05, 4.69) is 18.7 Å². The Labute approximate surface area is 103 Å². The van der Waals surface area contributed by atoms with Crippen molar-refractivity contribution in [1.82, 2.24) is 0 Å². The summed E-state index contributed by atoms with van der Waals surface area (Å²) in [7, 11) is 0. The number of allylic oxidation sites excluding steroid dienone is 1. The standard InChI is InChI=1S/C15H21NO/c1-12(16)14-7-9-15(10-8-14)17-11-13-5-3-2-4-6-13/h2-6,14-15H,1,7-11,16H2. The molecule has 1 aliphatic carbocycles. The SMILES string of the molecule is C=C(N)C1CCC(OCc2ccccc2)CC1. The number of hydrogen-bond acceptors (Lipinski definition) is 2. The van der Waals surface area contributed by atoms with Crippen molar-refractivity contribution in [3.8, 4) is 0 Å². The first-order chi connectivity index (χ1) is 8.25. The van der Waals surface area contributed by atoms with Crippen molar-refractivity contribution in [2.45, 2.75) is 38.4 Å². The average molecular weight is 231 g/mol. The zero-order valence-electron chi connectivity index (χ0n) is 10.3. The monoisotopic (exact) mass is 231 g/mol. The van der Waals surface area contributed by atoms with E-state index in [9.17, 15) is 0 Å². The molecular weight excluding hydrogens is 210 g/mol. The highest BCUT2D eigenvalue weighted by molar-refractivity contribution is 5.13. The van der Waals surface area contributed by atoms with Gasteiger partial charge in [-0.25, -0.2) is 0 Å². The molecule has 0 spiro atoms. The number of nitrogens with two attached hydrogens (primary N) is 1. The highest BCUT2D eigenvalue weighted by Gasteiger charge is 2.22. The first-order valence-electron chi connectivity index (χ1n) is 6.35. The first-order valence-corrected chi connectivity index (χ1v) is 6.35. The van der Waals surface area contributed by atoms with Gasteiger partial charge in [-0.15, -0.1) is 0 Å². The summed E-state index contributed by atoms with van der Waals surface area (Å²) in [6.07, 6.45) is 4.84. The van der Waals surface area contributed by atoms with Gasteiger partial charge in [0, 0.05) is 5.70 Å². The molecule has 0 aliphatic heterocycles. The largest absolute Gasteiger partial charge is 0.402 e. The van der Waals surface area contributed by atoms with Gasteiger partial charge in [0.25, 0.3) is 0 Å². The Kier molecular flexibility index (Phi) is 4.21. The summed E-state index contributed by atoms with van der Waals surface area (Å²) in [5.74, 6) is 0.506. The molecule has 0 heterocycles. The summed E-state index contributed by atoms with van der Waals surface area (Å²) in [6, 6.07) is 10.3. The molecule has 0 atom stereocenters. The summed E-state index contributed by atoms with van der Waals surface area (Å²) in [5.41, 5.74) is 7.83. The van der Waals surface area contributed by atoms with Crippen LogP contribution in [-0.4, -0.2) is 6.10 Å². The molecule has 0 saturated heterocycles. The van der Waals surface area contributed by atoms with Crippen LogP contribution in [0.25, 0.3) is 0 Å². The summed E-state index contributed by atoms with van der Waals surface area (Å²) in [4.78, 5) is 0. The topological polar surface area (TPSA) is 35.2 Å². The molecule has 2 heteroatoms. The highest BCUT2D eigenvalue weighted by atomic mass is 16.5. The first kappa shape index (κ1) is 12.2. The molecule has 1 aromatic carbocycles. The summed E-state index contributed by atoms with van der Waals surface area (Å²) >= 11 is 0. The second-order valence-corrected chi connectivity index (χ2v) is 4.85. The minimum atomic E-state index is 0.394. The smallest absolute Gasteiger partial charge is 0.0720 e. The van der Waals surface area contributed by atoms with E-state index >= 15 is 0 Å². The lowest BCUT2D eigenvalue weighted by molar-refractivity contribution is 0.0101. The maximum atomic E-state index is 5.93. The molecule has 2 N–H and O–H groups in total. The second-order valence-electron chi connectivity index (χ2n) is 4.85. The molecule has 92 valence electrons. The third-order valence-corrected chi connectivity index (χ3v) is 3.53. The molecule has 1 aliphatic rings. The van der Waals surface area contributed by atoms with E-state index in [1.807, 2.05) is 18.2 Å². The van der Waals surface area contributed by atoms with Crippen LogP contribution in [0.15, 0.2) is 42.6 Å². The quantitative estimate of drug-likeness (QED) is 0.863. The van der Waals surface area contributed by atoms with Gasteiger partial charge in [0.05, 0.1) is 12.7 Å². The zero-order valence-corrected chi connectivity index (χ0v) is 10.3. The summed E-state index contributed by atoms with van der Waals surface area (Å²) in [5, 5.41) is 0. The molecule has 1 fully saturated rings.